The fraction of sp³-hybridized carbons (Fsp3) is 0.400. The van der Waals surface area contributed by atoms with Gasteiger partial charge in [0.2, 0.25) is 0 Å². The first kappa shape index (κ1) is 22.1. The molecule has 0 aliphatic carbocycles. The van der Waals surface area contributed by atoms with E-state index in [1.807, 2.05) is 18.5 Å². The van der Waals surface area contributed by atoms with Crippen molar-refractivity contribution in [2.24, 2.45) is 0 Å². The van der Waals surface area contributed by atoms with Crippen LogP contribution in [0, 0.1) is 0 Å². The molecule has 6 heterocycles. The minimum Gasteiger partial charge on any atom is -0.379 e. The van der Waals surface area contributed by atoms with E-state index in [2.05, 4.69) is 48.6 Å². The van der Waals surface area contributed by atoms with Crippen molar-refractivity contribution >= 4 is 38.7 Å². The van der Waals surface area contributed by atoms with Gasteiger partial charge in [-0.2, -0.15) is 0 Å². The van der Waals surface area contributed by atoms with Crippen LogP contribution < -0.4 is 4.90 Å². The minimum absolute atomic E-state index is 0.777. The van der Waals surface area contributed by atoms with Gasteiger partial charge in [0.1, 0.15) is 16.5 Å². The highest BCUT2D eigenvalue weighted by Crippen LogP contribution is 2.40. The number of anilines is 1. The lowest BCUT2D eigenvalue weighted by molar-refractivity contribution is 0.0331. The highest BCUT2D eigenvalue weighted by molar-refractivity contribution is 7.18. The molecule has 0 saturated carbocycles. The number of nitrogens with zero attached hydrogens (tertiary/aromatic N) is 6. The number of thiophene rings is 2. The predicted octanol–water partition coefficient (Wildman–Crippen LogP) is 3.97. The molecule has 7 nitrogen and oxygen atoms in total. The topological polar surface area (TPSA) is 57.6 Å². The van der Waals surface area contributed by atoms with Crippen molar-refractivity contribution in [3.05, 3.63) is 58.8 Å². The number of hydrogen-bond donors (Lipinski definition) is 0. The first-order valence-corrected chi connectivity index (χ1v) is 13.6. The molecular formula is C25H28N6OS2. The second kappa shape index (κ2) is 10.1. The van der Waals surface area contributed by atoms with Crippen LogP contribution >= 0.6 is 22.7 Å². The van der Waals surface area contributed by atoms with E-state index >= 15 is 0 Å². The molecule has 0 spiro atoms. The summed E-state index contributed by atoms with van der Waals surface area (Å²) in [5.74, 6) is 2.01. The molecule has 0 N–H and O–H groups in total. The van der Waals surface area contributed by atoms with E-state index in [9.17, 15) is 0 Å². The van der Waals surface area contributed by atoms with Gasteiger partial charge in [-0.05, 0) is 23.1 Å². The van der Waals surface area contributed by atoms with Crippen LogP contribution in [0.5, 0.6) is 0 Å². The number of fused-ring (bicyclic) bond motifs is 1. The SMILES string of the molecule is c1cncc(CN2CCN(c3nc(CN4CCOCC4)nc4scc(-c5cccs5)c34)CC2)c1. The van der Waals surface area contributed by atoms with E-state index < -0.39 is 0 Å². The lowest BCUT2D eigenvalue weighted by atomic mass is 10.1. The summed E-state index contributed by atoms with van der Waals surface area (Å²) in [6, 6.07) is 8.49. The third-order valence-corrected chi connectivity index (χ3v) is 8.29. The summed E-state index contributed by atoms with van der Waals surface area (Å²) in [7, 11) is 0. The quantitative estimate of drug-likeness (QED) is 0.404. The standard InChI is InChI=1S/C25H28N6OS2/c1-3-19(15-26-5-1)16-29-6-8-31(9-7-29)24-23-20(21-4-2-14-33-21)18-34-25(23)28-22(27-24)17-30-10-12-32-13-11-30/h1-5,14-15,18H,6-13,16-17H2. The highest BCUT2D eigenvalue weighted by Gasteiger charge is 2.25. The van der Waals surface area contributed by atoms with Gasteiger partial charge in [-0.15, -0.1) is 22.7 Å². The summed E-state index contributed by atoms with van der Waals surface area (Å²) in [5, 5.41) is 5.61. The lowest BCUT2D eigenvalue weighted by Crippen LogP contribution is -2.46. The van der Waals surface area contributed by atoms with Crippen molar-refractivity contribution in [1.82, 2.24) is 24.8 Å². The van der Waals surface area contributed by atoms with Crippen LogP contribution in [0.3, 0.4) is 0 Å². The van der Waals surface area contributed by atoms with Crippen LogP contribution in [0.1, 0.15) is 11.4 Å². The van der Waals surface area contributed by atoms with Crippen LogP contribution in [-0.2, 0) is 17.8 Å². The fourth-order valence-electron chi connectivity index (χ4n) is 4.71. The van der Waals surface area contributed by atoms with Crippen LogP contribution in [0.25, 0.3) is 20.7 Å². The van der Waals surface area contributed by atoms with Crippen molar-refractivity contribution in [3.8, 4) is 10.4 Å². The first-order valence-electron chi connectivity index (χ1n) is 11.8. The van der Waals surface area contributed by atoms with Crippen molar-refractivity contribution < 1.29 is 4.74 Å². The Hall–Kier alpha value is -2.43. The molecule has 0 radical (unpaired) electrons. The molecule has 4 aromatic rings. The van der Waals surface area contributed by atoms with Crippen LogP contribution in [0.2, 0.25) is 0 Å². The number of morpholine rings is 1. The molecular weight excluding hydrogens is 464 g/mol. The largest absolute Gasteiger partial charge is 0.379 e. The van der Waals surface area contributed by atoms with Crippen LogP contribution in [0.15, 0.2) is 47.4 Å². The van der Waals surface area contributed by atoms with Gasteiger partial charge in [0.05, 0.1) is 25.1 Å². The molecule has 2 fully saturated rings. The monoisotopic (exact) mass is 492 g/mol. The fourth-order valence-corrected chi connectivity index (χ4v) is 6.48. The molecule has 0 atom stereocenters. The molecule has 9 heteroatoms. The Balaban J connectivity index is 1.29. The summed E-state index contributed by atoms with van der Waals surface area (Å²) < 4.78 is 5.53. The van der Waals surface area contributed by atoms with E-state index in [4.69, 9.17) is 14.7 Å². The number of aromatic nitrogens is 3. The Kier molecular flexibility index (Phi) is 6.52. The maximum Gasteiger partial charge on any atom is 0.146 e. The molecule has 176 valence electrons. The van der Waals surface area contributed by atoms with Crippen molar-refractivity contribution in [1.29, 1.82) is 0 Å². The molecule has 6 rings (SSSR count). The molecule has 0 bridgehead atoms. The summed E-state index contributed by atoms with van der Waals surface area (Å²) in [6.45, 7) is 9.12. The van der Waals surface area contributed by atoms with Crippen molar-refractivity contribution in [2.75, 3.05) is 57.4 Å². The molecule has 4 aromatic heterocycles. The number of rotatable bonds is 6. The van der Waals surface area contributed by atoms with Gasteiger partial charge >= 0.3 is 0 Å². The number of ether oxygens (including phenoxy) is 1. The summed E-state index contributed by atoms with van der Waals surface area (Å²) in [6.07, 6.45) is 3.80. The van der Waals surface area contributed by atoms with Crippen LogP contribution in [-0.4, -0.2) is 77.2 Å². The van der Waals surface area contributed by atoms with Gasteiger partial charge in [-0.3, -0.25) is 14.8 Å². The van der Waals surface area contributed by atoms with Gasteiger partial charge < -0.3 is 9.64 Å². The Morgan fingerprint density at radius 3 is 2.50 bits per heavy atom. The lowest BCUT2D eigenvalue weighted by Gasteiger charge is -2.36. The van der Waals surface area contributed by atoms with Gasteiger partial charge in [-0.1, -0.05) is 12.1 Å². The summed E-state index contributed by atoms with van der Waals surface area (Å²) >= 11 is 3.52. The maximum absolute atomic E-state index is 5.53. The Labute approximate surface area is 207 Å². The van der Waals surface area contributed by atoms with E-state index in [1.54, 1.807) is 22.7 Å². The van der Waals surface area contributed by atoms with Gasteiger partial charge in [0, 0.05) is 74.0 Å². The Bertz CT molecular complexity index is 1220. The Morgan fingerprint density at radius 2 is 1.74 bits per heavy atom. The molecule has 2 saturated heterocycles. The van der Waals surface area contributed by atoms with E-state index in [1.165, 1.54) is 21.4 Å². The smallest absolute Gasteiger partial charge is 0.146 e. The van der Waals surface area contributed by atoms with Crippen molar-refractivity contribution in [3.63, 3.8) is 0 Å². The third kappa shape index (κ3) is 4.71. The zero-order valence-corrected chi connectivity index (χ0v) is 20.7. The molecule has 2 aliphatic heterocycles. The number of pyridine rings is 1. The van der Waals surface area contributed by atoms with E-state index in [0.29, 0.717) is 0 Å². The normalized spacial score (nSPS) is 18.1. The third-order valence-electron chi connectivity index (χ3n) is 6.52. The highest BCUT2D eigenvalue weighted by atomic mass is 32.1. The van der Waals surface area contributed by atoms with Crippen LogP contribution in [0.4, 0.5) is 5.82 Å². The van der Waals surface area contributed by atoms with Gasteiger partial charge in [-0.25, -0.2) is 9.97 Å². The average Bonchev–Trinajstić information content (AvgIpc) is 3.56. The molecule has 0 aromatic carbocycles. The van der Waals surface area contributed by atoms with E-state index in [-0.39, 0.29) is 0 Å². The van der Waals surface area contributed by atoms with Gasteiger partial charge in [0.15, 0.2) is 0 Å². The summed E-state index contributed by atoms with van der Waals surface area (Å²) in [4.78, 5) is 24.2. The minimum atomic E-state index is 0.777. The summed E-state index contributed by atoms with van der Waals surface area (Å²) in [5.41, 5.74) is 2.53. The molecule has 34 heavy (non-hydrogen) atoms. The van der Waals surface area contributed by atoms with Gasteiger partial charge in [0.25, 0.3) is 0 Å². The zero-order valence-electron chi connectivity index (χ0n) is 19.1. The zero-order chi connectivity index (χ0) is 22.7. The predicted molar refractivity (Wildman–Crippen MR) is 139 cm³/mol. The van der Waals surface area contributed by atoms with Crippen molar-refractivity contribution in [2.45, 2.75) is 13.1 Å². The number of piperazine rings is 1. The molecule has 0 amide bonds. The molecule has 0 unspecified atom stereocenters. The first-order chi connectivity index (χ1) is 16.8. The number of hydrogen-bond acceptors (Lipinski definition) is 9. The van der Waals surface area contributed by atoms with E-state index in [0.717, 1.165) is 82.0 Å². The molecule has 2 aliphatic rings. The Morgan fingerprint density at radius 1 is 0.882 bits per heavy atom. The second-order valence-corrected chi connectivity index (χ2v) is 10.6. The average molecular weight is 493 g/mol. The maximum atomic E-state index is 5.53. The second-order valence-electron chi connectivity index (χ2n) is 8.78.